The largest absolute Gasteiger partial charge is 0.396 e. The minimum absolute atomic E-state index is 0.0876. The molecule has 0 unspecified atom stereocenters. The lowest BCUT2D eigenvalue weighted by Gasteiger charge is -2.28. The van der Waals surface area contributed by atoms with Crippen LogP contribution in [0.15, 0.2) is 24.4 Å². The predicted octanol–water partition coefficient (Wildman–Crippen LogP) is 1.58. The fourth-order valence-corrected chi connectivity index (χ4v) is 2.47. The summed E-state index contributed by atoms with van der Waals surface area (Å²) in [7, 11) is 0. The number of pyridine rings is 1. The Kier molecular flexibility index (Phi) is 4.80. The maximum absolute atomic E-state index is 12.7. The van der Waals surface area contributed by atoms with Crippen molar-refractivity contribution in [1.29, 1.82) is 0 Å². The number of nitrogens with zero attached hydrogens (tertiary/aromatic N) is 2. The van der Waals surface area contributed by atoms with Crippen molar-refractivity contribution in [3.05, 3.63) is 24.4 Å². The van der Waals surface area contributed by atoms with Crippen molar-refractivity contribution < 1.29 is 9.53 Å². The van der Waals surface area contributed by atoms with Gasteiger partial charge in [-0.25, -0.2) is 4.98 Å². The highest BCUT2D eigenvalue weighted by Crippen LogP contribution is 2.27. The fourth-order valence-electron chi connectivity index (χ4n) is 2.47. The molecule has 0 bridgehead atoms. The number of ether oxygens (including phenoxy) is 1. The molecule has 2 heterocycles. The molecular weight excluding hydrogens is 268 g/mol. The van der Waals surface area contributed by atoms with Gasteiger partial charge in [-0.05, 0) is 31.7 Å². The molecular formula is C15H22N4O2. The van der Waals surface area contributed by atoms with Crippen LogP contribution in [0.5, 0.6) is 0 Å². The summed E-state index contributed by atoms with van der Waals surface area (Å²) < 4.78 is 5.32. The minimum atomic E-state index is -0.0876. The molecule has 1 aromatic heterocycles. The van der Waals surface area contributed by atoms with Gasteiger partial charge in [-0.3, -0.25) is 4.79 Å². The zero-order chi connectivity index (χ0) is 15.4. The second kappa shape index (κ2) is 6.58. The van der Waals surface area contributed by atoms with Gasteiger partial charge >= 0.3 is 0 Å². The van der Waals surface area contributed by atoms with Gasteiger partial charge in [0.25, 0.3) is 5.91 Å². The van der Waals surface area contributed by atoms with Crippen molar-refractivity contribution in [3.63, 3.8) is 0 Å². The molecule has 6 heteroatoms. The lowest BCUT2D eigenvalue weighted by Crippen LogP contribution is -2.35. The van der Waals surface area contributed by atoms with E-state index in [4.69, 9.17) is 16.2 Å². The van der Waals surface area contributed by atoms with Gasteiger partial charge in [0.2, 0.25) is 0 Å². The third-order valence-electron chi connectivity index (χ3n) is 3.80. The second-order valence-electron chi connectivity index (χ2n) is 5.13. The summed E-state index contributed by atoms with van der Waals surface area (Å²) in [4.78, 5) is 18.3. The van der Waals surface area contributed by atoms with Gasteiger partial charge in [0.05, 0.1) is 17.6 Å². The van der Waals surface area contributed by atoms with Crippen molar-refractivity contribution in [2.24, 2.45) is 5.92 Å². The van der Waals surface area contributed by atoms with E-state index in [-0.39, 0.29) is 17.6 Å². The Morgan fingerprint density at radius 3 is 2.71 bits per heavy atom. The summed E-state index contributed by atoms with van der Waals surface area (Å²) in [6.07, 6.45) is 3.23. The van der Waals surface area contributed by atoms with Gasteiger partial charge in [0, 0.05) is 25.3 Å². The van der Waals surface area contributed by atoms with Crippen molar-refractivity contribution in [3.8, 4) is 0 Å². The van der Waals surface area contributed by atoms with Crippen LogP contribution in [-0.2, 0) is 9.53 Å². The number of rotatable bonds is 4. The summed E-state index contributed by atoms with van der Waals surface area (Å²) in [5.74, 6) is 0.361. The van der Waals surface area contributed by atoms with Gasteiger partial charge in [-0.15, -0.1) is 0 Å². The highest BCUT2D eigenvalue weighted by Gasteiger charge is 2.26. The lowest BCUT2D eigenvalue weighted by atomic mass is 9.91. The van der Waals surface area contributed by atoms with Gasteiger partial charge in [-0.2, -0.15) is 0 Å². The van der Waals surface area contributed by atoms with E-state index in [1.165, 1.54) is 0 Å². The molecule has 0 aliphatic carbocycles. The van der Waals surface area contributed by atoms with Crippen LogP contribution in [-0.4, -0.2) is 30.6 Å². The maximum Gasteiger partial charge on any atom is 0.253 e. The van der Waals surface area contributed by atoms with Crippen LogP contribution in [0.3, 0.4) is 0 Å². The van der Waals surface area contributed by atoms with E-state index in [1.807, 2.05) is 6.92 Å². The van der Waals surface area contributed by atoms with Gasteiger partial charge in [0.1, 0.15) is 5.82 Å². The zero-order valence-corrected chi connectivity index (χ0v) is 12.3. The summed E-state index contributed by atoms with van der Waals surface area (Å²) in [6, 6.07) is 1.67. The Balaban J connectivity index is 2.17. The van der Waals surface area contributed by atoms with Crippen LogP contribution in [0, 0.1) is 5.92 Å². The molecule has 1 aromatic rings. The number of aromatic nitrogens is 1. The van der Waals surface area contributed by atoms with E-state index in [1.54, 1.807) is 17.2 Å². The van der Waals surface area contributed by atoms with Gasteiger partial charge < -0.3 is 21.1 Å². The summed E-state index contributed by atoms with van der Waals surface area (Å²) in [5, 5.41) is 0. The molecule has 0 saturated carbocycles. The van der Waals surface area contributed by atoms with E-state index in [9.17, 15) is 4.79 Å². The molecule has 0 aromatic carbocycles. The summed E-state index contributed by atoms with van der Waals surface area (Å²) in [5.41, 5.74) is 13.0. The molecule has 1 aliphatic rings. The molecule has 4 N–H and O–H groups in total. The molecule has 1 fully saturated rings. The van der Waals surface area contributed by atoms with Gasteiger partial charge in [-0.1, -0.05) is 6.58 Å². The van der Waals surface area contributed by atoms with E-state index in [2.05, 4.69) is 11.6 Å². The van der Waals surface area contributed by atoms with Crippen molar-refractivity contribution in [1.82, 2.24) is 4.98 Å². The quantitative estimate of drug-likeness (QED) is 0.821. The Morgan fingerprint density at radius 2 is 2.14 bits per heavy atom. The van der Waals surface area contributed by atoms with E-state index in [0.29, 0.717) is 36.7 Å². The summed E-state index contributed by atoms with van der Waals surface area (Å²) >= 11 is 0. The number of hydrogen-bond acceptors (Lipinski definition) is 5. The van der Waals surface area contributed by atoms with Crippen molar-refractivity contribution in [2.75, 3.05) is 36.1 Å². The molecule has 2 rings (SSSR count). The van der Waals surface area contributed by atoms with Crippen LogP contribution < -0.4 is 16.4 Å². The van der Waals surface area contributed by atoms with Crippen LogP contribution in [0.25, 0.3) is 0 Å². The molecule has 114 valence electrons. The molecule has 1 saturated heterocycles. The molecule has 21 heavy (non-hydrogen) atoms. The standard InChI is InChI=1S/C15H22N4O2/c1-3-19(12-8-13(16)14(17)18-9-12)15(20)10(2)11-4-6-21-7-5-11/h8-9,11H,2-7,16H2,1H3,(H2,17,18). The number of carbonyl (C=O) groups excluding carboxylic acids is 1. The highest BCUT2D eigenvalue weighted by atomic mass is 16.5. The van der Waals surface area contributed by atoms with Crippen LogP contribution in [0.1, 0.15) is 19.8 Å². The average Bonchev–Trinajstić information content (AvgIpc) is 2.51. The summed E-state index contributed by atoms with van der Waals surface area (Å²) in [6.45, 7) is 7.77. The number of amides is 1. The Hall–Kier alpha value is -2.08. The predicted molar refractivity (Wildman–Crippen MR) is 83.8 cm³/mol. The Bertz CT molecular complexity index is 538. The number of carbonyl (C=O) groups is 1. The van der Waals surface area contributed by atoms with E-state index < -0.39 is 0 Å². The topological polar surface area (TPSA) is 94.5 Å². The SMILES string of the molecule is C=C(C(=O)N(CC)c1cnc(N)c(N)c1)C1CCOCC1. The zero-order valence-electron chi connectivity index (χ0n) is 12.3. The first kappa shape index (κ1) is 15.3. The molecule has 6 nitrogen and oxygen atoms in total. The van der Waals surface area contributed by atoms with Crippen molar-refractivity contribution in [2.45, 2.75) is 19.8 Å². The van der Waals surface area contributed by atoms with Crippen LogP contribution in [0.4, 0.5) is 17.2 Å². The highest BCUT2D eigenvalue weighted by molar-refractivity contribution is 6.05. The monoisotopic (exact) mass is 290 g/mol. The molecule has 0 atom stereocenters. The first-order chi connectivity index (χ1) is 10.0. The normalized spacial score (nSPS) is 15.7. The molecule has 1 aliphatic heterocycles. The number of nitrogens with two attached hydrogens (primary N) is 2. The number of hydrogen-bond donors (Lipinski definition) is 2. The number of anilines is 3. The van der Waals surface area contributed by atoms with Crippen LogP contribution >= 0.6 is 0 Å². The Labute approximate surface area is 124 Å². The maximum atomic E-state index is 12.7. The third kappa shape index (κ3) is 3.33. The molecule has 0 radical (unpaired) electrons. The first-order valence-electron chi connectivity index (χ1n) is 7.14. The average molecular weight is 290 g/mol. The van der Waals surface area contributed by atoms with Crippen LogP contribution in [0.2, 0.25) is 0 Å². The fraction of sp³-hybridized carbons (Fsp3) is 0.467. The molecule has 1 amide bonds. The van der Waals surface area contributed by atoms with E-state index in [0.717, 1.165) is 12.8 Å². The number of likely N-dealkylation sites (N-methyl/N-ethyl adjacent to an activating group) is 1. The minimum Gasteiger partial charge on any atom is -0.396 e. The molecule has 0 spiro atoms. The number of nitrogen functional groups attached to an aromatic ring is 2. The smallest absolute Gasteiger partial charge is 0.253 e. The second-order valence-corrected chi connectivity index (χ2v) is 5.13. The van der Waals surface area contributed by atoms with E-state index >= 15 is 0 Å². The first-order valence-corrected chi connectivity index (χ1v) is 7.14. The van der Waals surface area contributed by atoms with Gasteiger partial charge in [0.15, 0.2) is 0 Å². The Morgan fingerprint density at radius 1 is 1.48 bits per heavy atom. The third-order valence-corrected chi connectivity index (χ3v) is 3.80. The van der Waals surface area contributed by atoms with Crippen molar-refractivity contribution >= 4 is 23.1 Å². The lowest BCUT2D eigenvalue weighted by molar-refractivity contribution is -0.115.